The van der Waals surface area contributed by atoms with Crippen LogP contribution in [0.1, 0.15) is 0 Å². The molecule has 0 aromatic heterocycles. The summed E-state index contributed by atoms with van der Waals surface area (Å²) in [6.07, 6.45) is -22.9. The minimum absolute atomic E-state index is 0.00854. The summed E-state index contributed by atoms with van der Waals surface area (Å²) in [4.78, 5) is 0. The maximum Gasteiger partial charge on any atom is 0.187 e. The number of hydroxylamine groups is 2. The van der Waals surface area contributed by atoms with Crippen molar-refractivity contribution >= 4 is 0 Å². The summed E-state index contributed by atoms with van der Waals surface area (Å²) in [7, 11) is 0. The molecule has 18 heteroatoms. The summed E-state index contributed by atoms with van der Waals surface area (Å²) >= 11 is 0. The average molecular weight is 576 g/mol. The van der Waals surface area contributed by atoms with E-state index in [1.54, 1.807) is 0 Å². The molecule has 0 spiro atoms. The van der Waals surface area contributed by atoms with Gasteiger partial charge >= 0.3 is 0 Å². The van der Waals surface area contributed by atoms with E-state index in [1.165, 1.54) is 0 Å². The quantitative estimate of drug-likeness (QED) is 0.135. The number of hydrogen-bond donors (Lipinski definition) is 10. The molecule has 4 heterocycles. The lowest BCUT2D eigenvalue weighted by Crippen LogP contribution is -2.62. The normalized spacial score (nSPS) is 50.5. The molecule has 0 amide bonds. The van der Waals surface area contributed by atoms with Crippen molar-refractivity contribution in [2.75, 3.05) is 39.6 Å². The highest BCUT2D eigenvalue weighted by atomic mass is 16.8. The topological polar surface area (TPSA) is 270 Å². The number of aliphatic hydroxyl groups excluding tert-OH is 9. The molecule has 0 radical (unpaired) electrons. The first-order valence-electron chi connectivity index (χ1n) is 12.5. The van der Waals surface area contributed by atoms with Crippen molar-refractivity contribution in [1.82, 2.24) is 5.06 Å². The van der Waals surface area contributed by atoms with Crippen molar-refractivity contribution < 1.29 is 84.3 Å². The van der Waals surface area contributed by atoms with Gasteiger partial charge in [-0.25, -0.2) is 0 Å². The molecule has 18 nitrogen and oxygen atoms in total. The first-order valence-corrected chi connectivity index (χ1v) is 12.5. The van der Waals surface area contributed by atoms with Gasteiger partial charge in [-0.2, -0.15) is 5.06 Å². The summed E-state index contributed by atoms with van der Waals surface area (Å²) in [5.74, 6) is 0. The van der Waals surface area contributed by atoms with E-state index in [4.69, 9.17) is 33.2 Å². The molecule has 10 N–H and O–H groups in total. The zero-order valence-corrected chi connectivity index (χ0v) is 20.7. The van der Waals surface area contributed by atoms with Crippen molar-refractivity contribution in [3.8, 4) is 0 Å². The molecular weight excluding hydrogens is 538 g/mol. The molecule has 4 aliphatic rings. The summed E-state index contributed by atoms with van der Waals surface area (Å²) in [6, 6.07) is 0. The maximum atomic E-state index is 11.1. The molecule has 4 fully saturated rings. The van der Waals surface area contributed by atoms with E-state index in [2.05, 4.69) is 0 Å². The summed E-state index contributed by atoms with van der Waals surface area (Å²) in [6.45, 7) is -1.79. The highest BCUT2D eigenvalue weighted by molar-refractivity contribution is 4.93. The fourth-order valence-electron chi connectivity index (χ4n) is 4.62. The third-order valence-corrected chi connectivity index (χ3v) is 7.01. The van der Waals surface area contributed by atoms with Crippen molar-refractivity contribution in [1.29, 1.82) is 0 Å². The van der Waals surface area contributed by atoms with Crippen LogP contribution in [0.25, 0.3) is 0 Å². The predicted molar refractivity (Wildman–Crippen MR) is 117 cm³/mol. The minimum atomic E-state index is -1.76. The van der Waals surface area contributed by atoms with Crippen molar-refractivity contribution in [3.05, 3.63) is 0 Å². The van der Waals surface area contributed by atoms with Crippen LogP contribution in [0.4, 0.5) is 0 Å². The molecule has 7 unspecified atom stereocenters. The van der Waals surface area contributed by atoms with Crippen LogP contribution in [0, 0.1) is 0 Å². The lowest BCUT2D eigenvalue weighted by molar-refractivity contribution is -0.359. The van der Waals surface area contributed by atoms with Crippen LogP contribution in [0.2, 0.25) is 0 Å². The van der Waals surface area contributed by atoms with E-state index in [0.717, 1.165) is 0 Å². The Morgan fingerprint density at radius 1 is 0.667 bits per heavy atom. The van der Waals surface area contributed by atoms with E-state index >= 15 is 0 Å². The molecule has 0 bridgehead atoms. The number of ether oxygens (including phenoxy) is 7. The molecule has 0 saturated carbocycles. The number of nitrogens with zero attached hydrogens (tertiary/aromatic N) is 1. The molecule has 0 aromatic rings. The van der Waals surface area contributed by atoms with Gasteiger partial charge in [0.05, 0.1) is 39.6 Å². The monoisotopic (exact) mass is 575 g/mol. The first-order chi connectivity index (χ1) is 18.5. The van der Waals surface area contributed by atoms with E-state index < -0.39 is 105 Å². The second-order valence-electron chi connectivity index (χ2n) is 9.74. The van der Waals surface area contributed by atoms with Gasteiger partial charge in [-0.05, 0) is 0 Å². The van der Waals surface area contributed by atoms with Gasteiger partial charge in [0.1, 0.15) is 67.1 Å². The third-order valence-electron chi connectivity index (χ3n) is 7.01. The first kappa shape index (κ1) is 31.2. The molecule has 15 atom stereocenters. The van der Waals surface area contributed by atoms with Crippen molar-refractivity contribution in [2.24, 2.45) is 0 Å². The van der Waals surface area contributed by atoms with Crippen LogP contribution < -0.4 is 0 Å². The van der Waals surface area contributed by atoms with Gasteiger partial charge in [-0.1, -0.05) is 0 Å². The summed E-state index contributed by atoms with van der Waals surface area (Å²) in [5, 5.41) is 102. The Bertz CT molecular complexity index is 768. The highest BCUT2D eigenvalue weighted by Crippen LogP contribution is 2.31. The van der Waals surface area contributed by atoms with Gasteiger partial charge in [0.2, 0.25) is 0 Å². The fraction of sp³-hybridized carbons (Fsp3) is 1.00. The van der Waals surface area contributed by atoms with Gasteiger partial charge in [0, 0.05) is 0 Å². The lowest BCUT2D eigenvalue weighted by atomic mass is 10.0. The van der Waals surface area contributed by atoms with E-state index in [1.807, 2.05) is 0 Å². The van der Waals surface area contributed by atoms with Crippen LogP contribution in [0.15, 0.2) is 0 Å². The zero-order chi connectivity index (χ0) is 28.4. The van der Waals surface area contributed by atoms with Crippen LogP contribution in [0.3, 0.4) is 0 Å². The van der Waals surface area contributed by atoms with Crippen molar-refractivity contribution in [3.63, 3.8) is 0 Å². The molecule has 4 saturated heterocycles. The summed E-state index contributed by atoms with van der Waals surface area (Å²) in [5.41, 5.74) is 0. The van der Waals surface area contributed by atoms with E-state index in [9.17, 15) is 51.2 Å². The van der Waals surface area contributed by atoms with Gasteiger partial charge in [0.15, 0.2) is 25.1 Å². The predicted octanol–water partition coefficient (Wildman–Crippen LogP) is -6.86. The van der Waals surface area contributed by atoms with Gasteiger partial charge in [0.25, 0.3) is 0 Å². The lowest BCUT2D eigenvalue weighted by Gasteiger charge is -2.44. The van der Waals surface area contributed by atoms with Crippen LogP contribution >= 0.6 is 0 Å². The Hall–Kier alpha value is -0.720. The van der Waals surface area contributed by atoms with Gasteiger partial charge < -0.3 is 84.3 Å². The Balaban J connectivity index is 1.50. The Kier molecular flexibility index (Phi) is 10.8. The number of hydrogen-bond acceptors (Lipinski definition) is 18. The molecule has 4 rings (SSSR count). The standard InChI is InChI=1S/C21H37NO17/c23-3-8-12(26)15(29)21(36-8)39-17-10(38-19-14(28)11(25)7(24)4-34-19)6-35-20(16(17)30)37-9-5-33-2-1-22(32)18(31)13(9)27/h7-21,23-32H,1-6H2/t7-,8+,9-,10-,11?,12?,13?,14?,15?,16+,17?,18?,19+,20+,21+/m1/s1. The molecule has 0 aliphatic carbocycles. The molecule has 4 aliphatic heterocycles. The Morgan fingerprint density at radius 3 is 2.00 bits per heavy atom. The highest BCUT2D eigenvalue weighted by Gasteiger charge is 2.51. The Morgan fingerprint density at radius 2 is 1.31 bits per heavy atom. The van der Waals surface area contributed by atoms with Crippen LogP contribution in [0.5, 0.6) is 0 Å². The largest absolute Gasteiger partial charge is 0.394 e. The minimum Gasteiger partial charge on any atom is -0.394 e. The van der Waals surface area contributed by atoms with Gasteiger partial charge in [-0.3, -0.25) is 0 Å². The molecule has 39 heavy (non-hydrogen) atoms. The fourth-order valence-corrected chi connectivity index (χ4v) is 4.62. The average Bonchev–Trinajstić information content (AvgIpc) is 3.19. The van der Waals surface area contributed by atoms with E-state index in [-0.39, 0.29) is 26.4 Å². The number of rotatable bonds is 7. The molecular formula is C21H37NO17. The zero-order valence-electron chi connectivity index (χ0n) is 20.7. The maximum absolute atomic E-state index is 11.1. The molecule has 0 aromatic carbocycles. The second kappa shape index (κ2) is 13.5. The molecule has 228 valence electrons. The van der Waals surface area contributed by atoms with Crippen LogP contribution in [-0.4, -0.2) is 188 Å². The Labute approximate surface area is 221 Å². The second-order valence-corrected chi connectivity index (χ2v) is 9.74. The van der Waals surface area contributed by atoms with Gasteiger partial charge in [-0.15, -0.1) is 0 Å². The summed E-state index contributed by atoms with van der Waals surface area (Å²) < 4.78 is 38.5. The van der Waals surface area contributed by atoms with Crippen molar-refractivity contribution in [2.45, 2.75) is 92.2 Å². The number of aliphatic hydroxyl groups is 9. The SMILES string of the molecule is OC[C@@H]1O[C@@H](OC2[C@H](O[C@@H]3OC[C@@H](O)C(O)C3O)CO[C@@H](O[C@@H]3COCCN(O)C(O)C3O)[C@H]2O)C(O)C1O. The van der Waals surface area contributed by atoms with E-state index in [0.29, 0.717) is 5.06 Å². The third kappa shape index (κ3) is 6.85. The smallest absolute Gasteiger partial charge is 0.187 e. The van der Waals surface area contributed by atoms with Crippen LogP contribution in [-0.2, 0) is 33.2 Å².